The van der Waals surface area contributed by atoms with E-state index in [9.17, 15) is 0 Å². The van der Waals surface area contributed by atoms with Crippen molar-refractivity contribution < 1.29 is 27.3 Å². The fourth-order valence-corrected chi connectivity index (χ4v) is 0. The van der Waals surface area contributed by atoms with Gasteiger partial charge in [0.05, 0.1) is 0 Å². The van der Waals surface area contributed by atoms with Crippen LogP contribution < -0.4 is 0 Å². The van der Waals surface area contributed by atoms with Crippen molar-refractivity contribution in [3.05, 3.63) is 0 Å². The SMILES string of the molecule is [Cd].[Cl][Sn]([Cl])([Cl])[Cl]. The molecule has 0 radical (unpaired) electrons. The molecule has 0 unspecified atom stereocenters. The first-order chi connectivity index (χ1) is 2.00. The van der Waals surface area contributed by atoms with Crippen LogP contribution in [0.25, 0.3) is 0 Å². The minimum absolute atomic E-state index is 0. The van der Waals surface area contributed by atoms with Gasteiger partial charge in [-0.15, -0.1) is 0 Å². The Morgan fingerprint density at radius 2 is 0.833 bits per heavy atom. The van der Waals surface area contributed by atoms with Gasteiger partial charge in [0.15, 0.2) is 0 Å². The minimum atomic E-state index is -3.29. The van der Waals surface area contributed by atoms with Crippen molar-refractivity contribution in [2.45, 2.75) is 0 Å². The van der Waals surface area contributed by atoms with Crippen LogP contribution in [-0.4, -0.2) is 13.9 Å². The van der Waals surface area contributed by atoms with Crippen LogP contribution in [0.2, 0.25) is 0 Å². The average molecular weight is 373 g/mol. The van der Waals surface area contributed by atoms with E-state index >= 15 is 0 Å². The molecule has 34 valence electrons. The Morgan fingerprint density at radius 1 is 0.833 bits per heavy atom. The van der Waals surface area contributed by atoms with Gasteiger partial charge in [-0.2, -0.15) is 0 Å². The van der Waals surface area contributed by atoms with Gasteiger partial charge in [0, 0.05) is 27.3 Å². The Bertz CT molecular complexity index is 23.0. The summed E-state index contributed by atoms with van der Waals surface area (Å²) in [5.41, 5.74) is 0. The number of hydrogen-bond donors (Lipinski definition) is 0. The Balaban J connectivity index is 0. The quantitative estimate of drug-likeness (QED) is 0.573. The van der Waals surface area contributed by atoms with Crippen LogP contribution in [0.15, 0.2) is 0 Å². The van der Waals surface area contributed by atoms with Gasteiger partial charge >= 0.3 is 49.6 Å². The van der Waals surface area contributed by atoms with Gasteiger partial charge < -0.3 is 0 Å². The zero-order chi connectivity index (χ0) is 4.50. The normalized spacial score (nSPS) is 10.0. The summed E-state index contributed by atoms with van der Waals surface area (Å²) in [5.74, 6) is 0. The van der Waals surface area contributed by atoms with Crippen molar-refractivity contribution in [2.75, 3.05) is 0 Å². The summed E-state index contributed by atoms with van der Waals surface area (Å²) in [6.07, 6.45) is 0. The van der Waals surface area contributed by atoms with Crippen molar-refractivity contribution in [3.63, 3.8) is 0 Å². The van der Waals surface area contributed by atoms with Gasteiger partial charge in [-0.3, -0.25) is 0 Å². The summed E-state index contributed by atoms with van der Waals surface area (Å²) in [6, 6.07) is 0. The van der Waals surface area contributed by atoms with E-state index in [2.05, 4.69) is 0 Å². The molecule has 0 saturated carbocycles. The van der Waals surface area contributed by atoms with E-state index in [4.69, 9.17) is 35.7 Å². The third-order valence-corrected chi connectivity index (χ3v) is 0. The first-order valence-electron chi connectivity index (χ1n) is 0.756. The molecule has 6 heavy (non-hydrogen) atoms. The maximum atomic E-state index is 5.04. The van der Waals surface area contributed by atoms with Crippen molar-refractivity contribution in [1.29, 1.82) is 0 Å². The molecule has 0 saturated heterocycles. The first kappa shape index (κ1) is 11.6. The molecule has 0 aromatic heterocycles. The molecule has 0 fully saturated rings. The van der Waals surface area contributed by atoms with Gasteiger partial charge in [-0.25, -0.2) is 0 Å². The van der Waals surface area contributed by atoms with Crippen molar-refractivity contribution in [2.24, 2.45) is 0 Å². The fraction of sp³-hybridized carbons (Fsp3) is 0. The number of rotatable bonds is 0. The Labute approximate surface area is 75.4 Å². The predicted octanol–water partition coefficient (Wildman–Crippen LogP) is 2.37. The first-order valence-corrected chi connectivity index (χ1v) is 15.2. The molecule has 0 amide bonds. The number of hydrogen-bond acceptors (Lipinski definition) is 0. The summed E-state index contributed by atoms with van der Waals surface area (Å²) >= 11 is -3.29. The molecule has 0 bridgehead atoms. The summed E-state index contributed by atoms with van der Waals surface area (Å²) in [5, 5.41) is 0. The fourth-order valence-electron chi connectivity index (χ4n) is 0. The molecular formula is CdCl4Sn. The topological polar surface area (TPSA) is 0 Å². The van der Waals surface area contributed by atoms with Crippen LogP contribution in [0.3, 0.4) is 0 Å². The van der Waals surface area contributed by atoms with Crippen LogP contribution in [0, 0.1) is 0 Å². The summed E-state index contributed by atoms with van der Waals surface area (Å²) in [6.45, 7) is 0. The molecule has 0 aliphatic rings. The van der Waals surface area contributed by atoms with Gasteiger partial charge in [0.2, 0.25) is 0 Å². The van der Waals surface area contributed by atoms with Crippen molar-refractivity contribution in [1.82, 2.24) is 0 Å². The Kier molecular flexibility index (Phi) is 9.19. The maximum absolute atomic E-state index is 5.04. The van der Waals surface area contributed by atoms with Crippen LogP contribution in [-0.2, 0) is 27.3 Å². The molecule has 6 heteroatoms. The molecule has 0 heterocycles. The summed E-state index contributed by atoms with van der Waals surface area (Å²) in [7, 11) is 20.1. The molecule has 0 N–H and O–H groups in total. The molecule has 0 aliphatic carbocycles. The zero-order valence-electron chi connectivity index (χ0n) is 2.72. The molecule has 0 aliphatic heterocycles. The Hall–Kier alpha value is 2.88. The molecule has 0 nitrogen and oxygen atoms in total. The van der Waals surface area contributed by atoms with E-state index in [0.717, 1.165) is 0 Å². The number of halogens is 4. The third kappa shape index (κ3) is 28.7. The average Bonchev–Trinajstić information content (AvgIpc) is 0.722. The van der Waals surface area contributed by atoms with E-state index in [1.54, 1.807) is 0 Å². The standard InChI is InChI=1S/Cd.4ClH.Sn/h;4*1H;/q;;;;;+4/p-4. The van der Waals surface area contributed by atoms with Crippen LogP contribution in [0.1, 0.15) is 0 Å². The van der Waals surface area contributed by atoms with Crippen molar-refractivity contribution >= 4 is 49.6 Å². The van der Waals surface area contributed by atoms with Crippen LogP contribution >= 0.6 is 35.7 Å². The second kappa shape index (κ2) is 4.73. The van der Waals surface area contributed by atoms with Gasteiger partial charge in [-0.05, 0) is 0 Å². The summed E-state index contributed by atoms with van der Waals surface area (Å²) < 4.78 is 0. The molecule has 0 rings (SSSR count). The van der Waals surface area contributed by atoms with E-state index in [-0.39, 0.29) is 27.3 Å². The van der Waals surface area contributed by atoms with E-state index in [1.165, 1.54) is 0 Å². The van der Waals surface area contributed by atoms with Gasteiger partial charge in [0.1, 0.15) is 0 Å². The third-order valence-electron chi connectivity index (χ3n) is 0. The van der Waals surface area contributed by atoms with Crippen molar-refractivity contribution in [3.8, 4) is 0 Å². The van der Waals surface area contributed by atoms with E-state index in [1.807, 2.05) is 0 Å². The van der Waals surface area contributed by atoms with Gasteiger partial charge in [-0.1, -0.05) is 0 Å². The van der Waals surface area contributed by atoms with Crippen LogP contribution in [0.4, 0.5) is 0 Å². The molecule has 0 aromatic rings. The molecule has 0 aromatic carbocycles. The van der Waals surface area contributed by atoms with E-state index < -0.39 is 13.9 Å². The predicted molar refractivity (Wildman–Crippen MR) is 29.2 cm³/mol. The Morgan fingerprint density at radius 3 is 0.833 bits per heavy atom. The molecular weight excluding hydrogens is 373 g/mol. The summed E-state index contributed by atoms with van der Waals surface area (Å²) in [4.78, 5) is 0. The molecule has 0 spiro atoms. The zero-order valence-corrected chi connectivity index (χ0v) is 12.6. The second-order valence-electron chi connectivity index (χ2n) is 0.429. The second-order valence-corrected chi connectivity index (χ2v) is 25.9. The van der Waals surface area contributed by atoms with E-state index in [0.29, 0.717) is 0 Å². The molecule has 0 atom stereocenters. The van der Waals surface area contributed by atoms with Crippen LogP contribution in [0.5, 0.6) is 0 Å². The monoisotopic (exact) mass is 374 g/mol. The van der Waals surface area contributed by atoms with Gasteiger partial charge in [0.25, 0.3) is 0 Å².